The number of benzene rings is 2. The highest BCUT2D eigenvalue weighted by Gasteiger charge is 2.37. The molecule has 25 heavy (non-hydrogen) atoms. The Hall–Kier alpha value is -2.61. The van der Waals surface area contributed by atoms with Crippen LogP contribution in [0.5, 0.6) is 0 Å². The van der Waals surface area contributed by atoms with Gasteiger partial charge in [-0.1, -0.05) is 24.3 Å². The predicted molar refractivity (Wildman–Crippen MR) is 92.9 cm³/mol. The van der Waals surface area contributed by atoms with Crippen LogP contribution in [-0.2, 0) is 19.6 Å². The second-order valence-corrected chi connectivity index (χ2v) is 7.96. The van der Waals surface area contributed by atoms with Crippen molar-refractivity contribution in [2.24, 2.45) is 5.92 Å². The van der Waals surface area contributed by atoms with E-state index in [9.17, 15) is 18.0 Å². The lowest BCUT2D eigenvalue weighted by Gasteiger charge is -2.22. The Balaban J connectivity index is 1.88. The van der Waals surface area contributed by atoms with Crippen molar-refractivity contribution in [3.63, 3.8) is 0 Å². The van der Waals surface area contributed by atoms with Gasteiger partial charge in [0.25, 0.3) is 10.0 Å². The minimum Gasteiger partial charge on any atom is -0.481 e. The SMILES string of the molecule is CC(NC(=O)CN1c2cccc3cccc(c23)S1(=O)=O)C(C)C(=O)O. The van der Waals surface area contributed by atoms with E-state index in [0.717, 1.165) is 9.69 Å². The number of hydrogen-bond donors (Lipinski definition) is 2. The highest BCUT2D eigenvalue weighted by Crippen LogP contribution is 2.41. The van der Waals surface area contributed by atoms with Crippen molar-refractivity contribution in [1.82, 2.24) is 5.32 Å². The van der Waals surface area contributed by atoms with Crippen molar-refractivity contribution in [2.45, 2.75) is 24.8 Å². The number of hydrogen-bond acceptors (Lipinski definition) is 4. The maximum Gasteiger partial charge on any atom is 0.308 e. The van der Waals surface area contributed by atoms with Gasteiger partial charge in [-0.3, -0.25) is 13.9 Å². The van der Waals surface area contributed by atoms with Crippen LogP contribution >= 0.6 is 0 Å². The fourth-order valence-electron chi connectivity index (χ4n) is 2.90. The zero-order valence-corrected chi connectivity index (χ0v) is 14.6. The van der Waals surface area contributed by atoms with E-state index in [-0.39, 0.29) is 4.90 Å². The molecule has 2 unspecified atom stereocenters. The van der Waals surface area contributed by atoms with E-state index in [2.05, 4.69) is 5.32 Å². The Morgan fingerprint density at radius 3 is 2.44 bits per heavy atom. The molecule has 1 aliphatic rings. The molecule has 3 rings (SSSR count). The molecule has 0 aromatic heterocycles. The van der Waals surface area contributed by atoms with Crippen LogP contribution in [0.25, 0.3) is 10.8 Å². The smallest absolute Gasteiger partial charge is 0.308 e. The number of carboxylic acid groups (broad SMARTS) is 1. The molecule has 0 fully saturated rings. The zero-order valence-electron chi connectivity index (χ0n) is 13.8. The summed E-state index contributed by atoms with van der Waals surface area (Å²) < 4.78 is 26.6. The van der Waals surface area contributed by atoms with Crippen LogP contribution in [0, 0.1) is 5.92 Å². The lowest BCUT2D eigenvalue weighted by atomic mass is 10.0. The number of carboxylic acids is 1. The van der Waals surface area contributed by atoms with Gasteiger partial charge in [0.2, 0.25) is 5.91 Å². The Kier molecular flexibility index (Phi) is 4.16. The summed E-state index contributed by atoms with van der Waals surface area (Å²) in [5, 5.41) is 12.9. The topological polar surface area (TPSA) is 104 Å². The average molecular weight is 362 g/mol. The van der Waals surface area contributed by atoms with E-state index in [1.54, 1.807) is 25.1 Å². The first-order valence-electron chi connectivity index (χ1n) is 7.80. The summed E-state index contributed by atoms with van der Waals surface area (Å²) in [5.74, 6) is -2.35. The summed E-state index contributed by atoms with van der Waals surface area (Å²) in [6.45, 7) is 2.66. The number of carbonyl (C=O) groups excluding carboxylic acids is 1. The molecule has 2 N–H and O–H groups in total. The number of anilines is 1. The minimum absolute atomic E-state index is 0.181. The highest BCUT2D eigenvalue weighted by atomic mass is 32.2. The van der Waals surface area contributed by atoms with Crippen LogP contribution in [0.4, 0.5) is 5.69 Å². The molecule has 2 aromatic carbocycles. The Morgan fingerprint density at radius 1 is 1.16 bits per heavy atom. The van der Waals surface area contributed by atoms with E-state index < -0.39 is 40.4 Å². The van der Waals surface area contributed by atoms with Crippen LogP contribution in [0.1, 0.15) is 13.8 Å². The predicted octanol–water partition coefficient (Wildman–Crippen LogP) is 1.57. The molecular weight excluding hydrogens is 344 g/mol. The molecule has 8 heteroatoms. The van der Waals surface area contributed by atoms with Gasteiger partial charge in [0.05, 0.1) is 16.5 Å². The second-order valence-electron chi connectivity index (χ2n) is 6.13. The van der Waals surface area contributed by atoms with E-state index >= 15 is 0 Å². The minimum atomic E-state index is -3.81. The molecule has 0 aliphatic carbocycles. The van der Waals surface area contributed by atoms with Crippen molar-refractivity contribution in [3.05, 3.63) is 36.4 Å². The molecular formula is C17H18N2O5S. The summed E-state index contributed by atoms with van der Waals surface area (Å²) in [5.41, 5.74) is 0.460. The van der Waals surface area contributed by atoms with Gasteiger partial charge in [-0.25, -0.2) is 8.42 Å². The van der Waals surface area contributed by atoms with Crippen LogP contribution in [0.3, 0.4) is 0 Å². The molecule has 2 aromatic rings. The van der Waals surface area contributed by atoms with Gasteiger partial charge in [0.1, 0.15) is 6.54 Å². The van der Waals surface area contributed by atoms with Gasteiger partial charge in [-0.15, -0.1) is 0 Å². The molecule has 1 amide bonds. The van der Waals surface area contributed by atoms with Gasteiger partial charge in [0.15, 0.2) is 0 Å². The van der Waals surface area contributed by atoms with Crippen LogP contribution in [-0.4, -0.2) is 38.0 Å². The number of nitrogens with one attached hydrogen (secondary N) is 1. The lowest BCUT2D eigenvalue weighted by molar-refractivity contribution is -0.142. The third-order valence-corrected chi connectivity index (χ3v) is 6.30. The van der Waals surface area contributed by atoms with Gasteiger partial charge in [-0.2, -0.15) is 0 Å². The van der Waals surface area contributed by atoms with Crippen LogP contribution in [0.15, 0.2) is 41.3 Å². The van der Waals surface area contributed by atoms with E-state index in [4.69, 9.17) is 5.11 Å². The van der Waals surface area contributed by atoms with Gasteiger partial charge in [-0.05, 0) is 31.4 Å². The standard InChI is InChI=1S/C17H18N2O5S/c1-10(17(21)22)11(2)18-15(20)9-19-13-7-3-5-12-6-4-8-14(16(12)13)25(19,23)24/h3-8,10-11H,9H2,1-2H3,(H,18,20)(H,21,22). The highest BCUT2D eigenvalue weighted by molar-refractivity contribution is 7.93. The Morgan fingerprint density at radius 2 is 1.80 bits per heavy atom. The van der Waals surface area contributed by atoms with Gasteiger partial charge < -0.3 is 10.4 Å². The maximum absolute atomic E-state index is 12.8. The summed E-state index contributed by atoms with van der Waals surface area (Å²) in [6, 6.07) is 9.60. The first-order chi connectivity index (χ1) is 11.7. The number of aliphatic carboxylic acids is 1. The first-order valence-corrected chi connectivity index (χ1v) is 9.24. The lowest BCUT2D eigenvalue weighted by Crippen LogP contribution is -2.45. The number of rotatable bonds is 5. The van der Waals surface area contributed by atoms with Crippen molar-refractivity contribution in [2.75, 3.05) is 10.8 Å². The Labute approximate surface area is 145 Å². The van der Waals surface area contributed by atoms with Crippen molar-refractivity contribution in [3.8, 4) is 0 Å². The normalized spacial score (nSPS) is 17.3. The molecule has 0 saturated carbocycles. The third-order valence-electron chi connectivity index (χ3n) is 4.50. The molecule has 1 aliphatic heterocycles. The second kappa shape index (κ2) is 6.03. The zero-order chi connectivity index (χ0) is 18.4. The molecule has 0 radical (unpaired) electrons. The van der Waals surface area contributed by atoms with Crippen LogP contribution in [0.2, 0.25) is 0 Å². The fourth-order valence-corrected chi connectivity index (χ4v) is 4.56. The van der Waals surface area contributed by atoms with Crippen molar-refractivity contribution in [1.29, 1.82) is 0 Å². The molecule has 132 valence electrons. The van der Waals surface area contributed by atoms with Gasteiger partial charge >= 0.3 is 5.97 Å². The van der Waals surface area contributed by atoms with Gasteiger partial charge in [0, 0.05) is 11.4 Å². The molecule has 0 bridgehead atoms. The monoisotopic (exact) mass is 362 g/mol. The van der Waals surface area contributed by atoms with E-state index in [1.807, 2.05) is 12.1 Å². The van der Waals surface area contributed by atoms with E-state index in [0.29, 0.717) is 11.1 Å². The molecule has 0 saturated heterocycles. The number of amides is 1. The number of carbonyl (C=O) groups is 2. The van der Waals surface area contributed by atoms with Crippen molar-refractivity contribution >= 4 is 38.4 Å². The number of sulfonamides is 1. The summed E-state index contributed by atoms with van der Waals surface area (Å²) >= 11 is 0. The first kappa shape index (κ1) is 17.2. The third kappa shape index (κ3) is 2.82. The summed E-state index contributed by atoms with van der Waals surface area (Å²) in [4.78, 5) is 23.5. The number of nitrogens with zero attached hydrogens (tertiary/aromatic N) is 1. The largest absolute Gasteiger partial charge is 0.481 e. The molecule has 7 nitrogen and oxygen atoms in total. The maximum atomic E-state index is 12.8. The fraction of sp³-hybridized carbons (Fsp3) is 0.294. The molecule has 0 spiro atoms. The van der Waals surface area contributed by atoms with E-state index in [1.165, 1.54) is 13.0 Å². The Bertz CT molecular complexity index is 965. The molecule has 2 atom stereocenters. The summed E-state index contributed by atoms with van der Waals surface area (Å²) in [6.07, 6.45) is 0. The quantitative estimate of drug-likeness (QED) is 0.840. The van der Waals surface area contributed by atoms with Crippen molar-refractivity contribution < 1.29 is 23.1 Å². The summed E-state index contributed by atoms with van der Waals surface area (Å²) in [7, 11) is -3.81. The average Bonchev–Trinajstić information content (AvgIpc) is 2.77. The molecule has 1 heterocycles. The van der Waals surface area contributed by atoms with Crippen LogP contribution < -0.4 is 9.62 Å².